The molecule has 0 radical (unpaired) electrons. The summed E-state index contributed by atoms with van der Waals surface area (Å²) in [6.45, 7) is 8.95. The SMILES string of the molecule is CCCCN=C(N)c1c(N2CCOCC2)c(N2CCOCC2)c2c3ccc4c5c(ccc(c6cc(C(=O)O)c(C(=O)NCCCC)c1c62)c53)C(=O)NC4=O. The Morgan fingerprint density at radius 2 is 1.39 bits per heavy atom. The van der Waals surface area contributed by atoms with Gasteiger partial charge in [0.1, 0.15) is 5.84 Å². The quantitative estimate of drug-likeness (QED) is 0.0360. The van der Waals surface area contributed by atoms with E-state index in [1.54, 1.807) is 18.2 Å². The van der Waals surface area contributed by atoms with Crippen molar-refractivity contribution < 1.29 is 33.8 Å². The summed E-state index contributed by atoms with van der Waals surface area (Å²) >= 11 is 0. The number of aliphatic imine (C=N–C) groups is 1. The molecule has 0 unspecified atom stereocenters. The van der Waals surface area contributed by atoms with Crippen LogP contribution in [0.3, 0.4) is 0 Å². The standard InChI is InChI=1S/C41H44N6O7/c1-3-5-11-43-37(42)34-33-30-26(21-27(41(51)52)32(33)40(50)44-12-6-4-2)22-7-9-24-29-25(39(49)45-38(24)48)10-8-23(28(22)29)31(30)35(46-13-17-53-18-14-46)36(34)47-15-19-54-20-16-47/h7-10,21H,3-6,11-20H2,1-2H3,(H2,42,43)(H,44,50)(H,51,52)(H,45,48,49). The number of fused-ring (bicyclic) bond motifs is 2. The number of carboxylic acids is 1. The van der Waals surface area contributed by atoms with E-state index in [0.29, 0.717) is 115 Å². The normalized spacial score (nSPS) is 16.6. The molecule has 3 aliphatic heterocycles. The summed E-state index contributed by atoms with van der Waals surface area (Å²) in [4.78, 5) is 64.0. The molecule has 3 heterocycles. The van der Waals surface area contributed by atoms with Crippen LogP contribution in [0.5, 0.6) is 0 Å². The highest BCUT2D eigenvalue weighted by molar-refractivity contribution is 6.44. The average molecular weight is 733 g/mol. The second kappa shape index (κ2) is 14.4. The maximum absolute atomic E-state index is 14.5. The van der Waals surface area contributed by atoms with Gasteiger partial charge in [-0.3, -0.25) is 24.7 Å². The fourth-order valence-electron chi connectivity index (χ4n) is 8.43. The molecule has 5 aromatic rings. The third kappa shape index (κ3) is 5.64. The summed E-state index contributed by atoms with van der Waals surface area (Å²) in [6, 6.07) is 8.73. The van der Waals surface area contributed by atoms with Gasteiger partial charge in [0.2, 0.25) is 0 Å². The summed E-state index contributed by atoms with van der Waals surface area (Å²) in [7, 11) is 0. The predicted octanol–water partition coefficient (Wildman–Crippen LogP) is 5.03. The van der Waals surface area contributed by atoms with Crippen LogP contribution < -0.4 is 26.2 Å². The average Bonchev–Trinajstić information content (AvgIpc) is 3.18. The van der Waals surface area contributed by atoms with Gasteiger partial charge in [-0.2, -0.15) is 0 Å². The Labute approximate surface area is 311 Å². The zero-order valence-corrected chi connectivity index (χ0v) is 30.6. The first kappa shape index (κ1) is 35.5. The summed E-state index contributed by atoms with van der Waals surface area (Å²) in [5.41, 5.74) is 9.83. The third-order valence-electron chi connectivity index (χ3n) is 10.9. The molecule has 54 heavy (non-hydrogen) atoms. The molecular weight excluding hydrogens is 688 g/mol. The van der Waals surface area contributed by atoms with Crippen LogP contribution in [0.15, 0.2) is 35.3 Å². The van der Waals surface area contributed by atoms with Gasteiger partial charge in [0, 0.05) is 71.9 Å². The molecule has 0 spiro atoms. The molecule has 3 aliphatic rings. The smallest absolute Gasteiger partial charge is 0.336 e. The van der Waals surface area contributed by atoms with Crippen LogP contribution in [0.1, 0.15) is 86.5 Å². The van der Waals surface area contributed by atoms with E-state index >= 15 is 0 Å². The number of amides is 3. The highest BCUT2D eigenvalue weighted by Gasteiger charge is 2.36. The molecule has 5 N–H and O–H groups in total. The zero-order valence-electron chi connectivity index (χ0n) is 30.6. The van der Waals surface area contributed by atoms with Crippen LogP contribution >= 0.6 is 0 Å². The number of anilines is 2. The lowest BCUT2D eigenvalue weighted by atomic mass is 9.80. The first-order valence-electron chi connectivity index (χ1n) is 18.9. The van der Waals surface area contributed by atoms with Crippen molar-refractivity contribution in [1.82, 2.24) is 10.6 Å². The van der Waals surface area contributed by atoms with E-state index in [1.165, 1.54) is 0 Å². The Kier molecular flexibility index (Phi) is 9.44. The number of nitrogens with one attached hydrogen (secondary N) is 2. The largest absolute Gasteiger partial charge is 0.478 e. The van der Waals surface area contributed by atoms with Crippen molar-refractivity contribution in [2.45, 2.75) is 39.5 Å². The number of carbonyl (C=O) groups excluding carboxylic acids is 3. The van der Waals surface area contributed by atoms with E-state index in [1.807, 2.05) is 19.1 Å². The monoisotopic (exact) mass is 732 g/mol. The van der Waals surface area contributed by atoms with E-state index in [0.717, 1.165) is 47.8 Å². The van der Waals surface area contributed by atoms with E-state index in [2.05, 4.69) is 27.4 Å². The van der Waals surface area contributed by atoms with Gasteiger partial charge in [0.25, 0.3) is 17.7 Å². The summed E-state index contributed by atoms with van der Waals surface area (Å²) in [6.07, 6.45) is 3.25. The van der Waals surface area contributed by atoms with Gasteiger partial charge < -0.3 is 35.4 Å². The van der Waals surface area contributed by atoms with Gasteiger partial charge in [-0.15, -0.1) is 0 Å². The van der Waals surface area contributed by atoms with E-state index in [4.69, 9.17) is 20.2 Å². The number of imide groups is 1. The van der Waals surface area contributed by atoms with Gasteiger partial charge in [0.05, 0.1) is 54.5 Å². The van der Waals surface area contributed by atoms with Crippen molar-refractivity contribution in [1.29, 1.82) is 0 Å². The molecule has 0 aromatic heterocycles. The number of nitrogens with two attached hydrogens (primary N) is 1. The number of ether oxygens (including phenoxy) is 2. The molecule has 8 rings (SSSR count). The summed E-state index contributed by atoms with van der Waals surface area (Å²) in [5, 5.41) is 21.5. The Bertz CT molecular complexity index is 2370. The second-order valence-corrected chi connectivity index (χ2v) is 14.1. The number of carboxylic acid groups (broad SMARTS) is 1. The molecule has 280 valence electrons. The molecule has 0 bridgehead atoms. The molecule has 2 saturated heterocycles. The number of amidine groups is 1. The summed E-state index contributed by atoms with van der Waals surface area (Å²) < 4.78 is 11.7. The van der Waals surface area contributed by atoms with Crippen molar-refractivity contribution in [2.24, 2.45) is 10.7 Å². The van der Waals surface area contributed by atoms with Crippen molar-refractivity contribution >= 4 is 84.0 Å². The van der Waals surface area contributed by atoms with Crippen LogP contribution in [0.4, 0.5) is 11.4 Å². The molecule has 5 aromatic carbocycles. The summed E-state index contributed by atoms with van der Waals surface area (Å²) in [5.74, 6) is -2.54. The first-order valence-corrected chi connectivity index (χ1v) is 18.9. The number of aromatic carboxylic acids is 1. The number of carbonyl (C=O) groups is 4. The van der Waals surface area contributed by atoms with E-state index < -0.39 is 23.7 Å². The number of benzene rings is 5. The number of nitrogens with zero attached hydrogens (tertiary/aromatic N) is 3. The maximum atomic E-state index is 14.5. The van der Waals surface area contributed by atoms with E-state index in [-0.39, 0.29) is 17.0 Å². The molecule has 0 atom stereocenters. The molecule has 2 fully saturated rings. The molecule has 0 saturated carbocycles. The van der Waals surface area contributed by atoms with Crippen LogP contribution in [0.2, 0.25) is 0 Å². The highest BCUT2D eigenvalue weighted by atomic mass is 16.5. The Morgan fingerprint density at radius 3 is 2.00 bits per heavy atom. The molecule has 13 nitrogen and oxygen atoms in total. The molecular formula is C41H44N6O7. The van der Waals surface area contributed by atoms with Crippen LogP contribution in [0.25, 0.3) is 43.1 Å². The Balaban J connectivity index is 1.67. The topological polar surface area (TPSA) is 176 Å². The fraction of sp³-hybridized carbons (Fsp3) is 0.390. The van der Waals surface area contributed by atoms with Gasteiger partial charge >= 0.3 is 5.97 Å². The third-order valence-corrected chi connectivity index (χ3v) is 10.9. The second-order valence-electron chi connectivity index (χ2n) is 14.1. The lowest BCUT2D eigenvalue weighted by molar-refractivity contribution is 0.0690. The number of hydrogen-bond acceptors (Lipinski definition) is 9. The van der Waals surface area contributed by atoms with Crippen LogP contribution in [0, 0.1) is 0 Å². The van der Waals surface area contributed by atoms with Gasteiger partial charge in [0.15, 0.2) is 0 Å². The van der Waals surface area contributed by atoms with Gasteiger partial charge in [-0.05, 0) is 52.6 Å². The zero-order chi connectivity index (χ0) is 37.7. The molecule has 0 aliphatic carbocycles. The Morgan fingerprint density at radius 1 is 0.778 bits per heavy atom. The lowest BCUT2D eigenvalue weighted by Gasteiger charge is -2.39. The number of hydrogen-bond donors (Lipinski definition) is 4. The fourth-order valence-corrected chi connectivity index (χ4v) is 8.43. The van der Waals surface area contributed by atoms with Crippen molar-refractivity contribution in [2.75, 3.05) is 75.5 Å². The highest BCUT2D eigenvalue weighted by Crippen LogP contribution is 2.53. The minimum atomic E-state index is -1.27. The molecule has 3 amide bonds. The number of morpholine rings is 2. The van der Waals surface area contributed by atoms with Crippen molar-refractivity contribution in [3.05, 3.63) is 58.1 Å². The first-order chi connectivity index (χ1) is 26.3. The number of unbranched alkanes of at least 4 members (excludes halogenated alkanes) is 2. The van der Waals surface area contributed by atoms with E-state index in [9.17, 15) is 24.3 Å². The van der Waals surface area contributed by atoms with Crippen LogP contribution in [-0.2, 0) is 9.47 Å². The lowest BCUT2D eigenvalue weighted by Crippen LogP contribution is -2.42. The minimum absolute atomic E-state index is 0.0221. The Hall–Kier alpha value is -5.53. The molecule has 13 heteroatoms. The number of rotatable bonds is 11. The van der Waals surface area contributed by atoms with Crippen molar-refractivity contribution in [3.8, 4) is 0 Å². The predicted molar refractivity (Wildman–Crippen MR) is 210 cm³/mol. The maximum Gasteiger partial charge on any atom is 0.336 e. The van der Waals surface area contributed by atoms with Crippen molar-refractivity contribution in [3.63, 3.8) is 0 Å². The van der Waals surface area contributed by atoms with Gasteiger partial charge in [-0.1, -0.05) is 38.8 Å². The minimum Gasteiger partial charge on any atom is -0.478 e. The van der Waals surface area contributed by atoms with Gasteiger partial charge in [-0.25, -0.2) is 4.79 Å². The van der Waals surface area contributed by atoms with Crippen LogP contribution in [-0.4, -0.2) is 100 Å².